The number of carbonyl (C=O) groups is 2. The minimum Gasteiger partial charge on any atom is -0.462 e. The predicted octanol–water partition coefficient (Wildman–Crippen LogP) is 14.8. The van der Waals surface area contributed by atoms with E-state index in [9.17, 15) is 14.7 Å². The third kappa shape index (κ3) is 42.7. The summed E-state index contributed by atoms with van der Waals surface area (Å²) in [6.45, 7) is 4.14. The molecule has 0 aromatic carbocycles. The normalized spacial score (nSPS) is 12.4. The quantitative estimate of drug-likeness (QED) is 0.0383. The average Bonchev–Trinajstić information content (AvgIpc) is 3.16. The fraction of sp³-hybridized carbons (Fsp3) is 0.833. The Hall–Kier alpha value is -1.88. The Morgan fingerprint density at radius 1 is 0.434 bits per heavy atom. The van der Waals surface area contributed by atoms with E-state index < -0.39 is 6.10 Å². The maximum absolute atomic E-state index is 12.2. The highest BCUT2D eigenvalue weighted by atomic mass is 16.6. The van der Waals surface area contributed by atoms with Gasteiger partial charge in [0.15, 0.2) is 6.10 Å². The van der Waals surface area contributed by atoms with Crippen LogP contribution in [0, 0.1) is 0 Å². The van der Waals surface area contributed by atoms with Crippen LogP contribution in [0.1, 0.15) is 239 Å². The van der Waals surface area contributed by atoms with E-state index in [-0.39, 0.29) is 25.2 Å². The summed E-state index contributed by atoms with van der Waals surface area (Å²) in [6.07, 6.45) is 55.0. The Bertz CT molecular complexity index is 847. The van der Waals surface area contributed by atoms with Gasteiger partial charge >= 0.3 is 11.9 Å². The van der Waals surface area contributed by atoms with E-state index in [2.05, 4.69) is 50.3 Å². The minimum atomic E-state index is -0.774. The third-order valence-corrected chi connectivity index (χ3v) is 10.2. The number of hydrogen-bond acceptors (Lipinski definition) is 5. The molecule has 310 valence electrons. The Morgan fingerprint density at radius 2 is 0.755 bits per heavy atom. The molecule has 1 atom stereocenters. The Kier molecular flexibility index (Phi) is 42.9. The van der Waals surface area contributed by atoms with E-state index >= 15 is 0 Å². The molecule has 0 heterocycles. The van der Waals surface area contributed by atoms with Gasteiger partial charge in [0, 0.05) is 12.8 Å². The van der Waals surface area contributed by atoms with Crippen molar-refractivity contribution < 1.29 is 24.2 Å². The zero-order valence-corrected chi connectivity index (χ0v) is 35.3. The molecule has 5 heteroatoms. The van der Waals surface area contributed by atoms with Crippen molar-refractivity contribution in [1.82, 2.24) is 0 Å². The summed E-state index contributed by atoms with van der Waals surface area (Å²) in [6, 6.07) is 0. The molecule has 0 spiro atoms. The molecule has 0 aromatic rings. The van der Waals surface area contributed by atoms with Gasteiger partial charge in [-0.15, -0.1) is 0 Å². The molecule has 5 nitrogen and oxygen atoms in total. The van der Waals surface area contributed by atoms with Gasteiger partial charge in [-0.2, -0.15) is 0 Å². The molecule has 0 aliphatic heterocycles. The zero-order chi connectivity index (χ0) is 38.6. The fourth-order valence-electron chi connectivity index (χ4n) is 6.64. The van der Waals surface area contributed by atoms with E-state index in [0.717, 1.165) is 44.9 Å². The number of aliphatic hydroxyl groups excluding tert-OH is 1. The van der Waals surface area contributed by atoms with Crippen molar-refractivity contribution in [2.75, 3.05) is 13.2 Å². The second-order valence-corrected chi connectivity index (χ2v) is 15.5. The standard InChI is InChI=1S/C48H88O5/c1-3-5-7-9-11-13-15-17-19-21-23-24-25-27-29-31-33-35-37-39-41-43-48(51)53-46(44-49)45-52-47(50)42-40-38-36-34-32-30-28-26-22-20-18-16-14-12-10-8-6-4-2/h15,17,20-23,46,49H,3-14,16,18-19,24-45H2,1-2H3/b17-15-,22-20-,23-21-. The van der Waals surface area contributed by atoms with Crippen LogP contribution in [-0.4, -0.2) is 36.4 Å². The summed E-state index contributed by atoms with van der Waals surface area (Å²) in [5, 5.41) is 9.60. The van der Waals surface area contributed by atoms with Gasteiger partial charge < -0.3 is 14.6 Å². The molecular formula is C48H88O5. The van der Waals surface area contributed by atoms with Gasteiger partial charge in [0.25, 0.3) is 0 Å². The highest BCUT2D eigenvalue weighted by Gasteiger charge is 2.16. The topological polar surface area (TPSA) is 72.8 Å². The predicted molar refractivity (Wildman–Crippen MR) is 228 cm³/mol. The molecule has 53 heavy (non-hydrogen) atoms. The molecular weight excluding hydrogens is 657 g/mol. The Labute approximate surface area is 329 Å². The summed E-state index contributed by atoms with van der Waals surface area (Å²) >= 11 is 0. The SMILES string of the molecule is CCCCCCC/C=C\C/C=C\CCCCCCCCCCCC(=O)OC(CO)COC(=O)CCCCCCCCC/C=C\CCCCCCCCC. The van der Waals surface area contributed by atoms with Crippen LogP contribution in [-0.2, 0) is 19.1 Å². The van der Waals surface area contributed by atoms with E-state index in [4.69, 9.17) is 9.47 Å². The van der Waals surface area contributed by atoms with Crippen LogP contribution in [0.5, 0.6) is 0 Å². The van der Waals surface area contributed by atoms with Crippen LogP contribution in [0.15, 0.2) is 36.5 Å². The molecule has 1 N–H and O–H groups in total. The van der Waals surface area contributed by atoms with Crippen LogP contribution < -0.4 is 0 Å². The highest BCUT2D eigenvalue weighted by Crippen LogP contribution is 2.14. The van der Waals surface area contributed by atoms with E-state index in [1.807, 2.05) is 0 Å². The van der Waals surface area contributed by atoms with Gasteiger partial charge in [-0.1, -0.05) is 192 Å². The van der Waals surface area contributed by atoms with Crippen molar-refractivity contribution in [2.45, 2.75) is 245 Å². The molecule has 0 saturated carbocycles. The van der Waals surface area contributed by atoms with E-state index in [1.54, 1.807) is 0 Å². The average molecular weight is 745 g/mol. The molecule has 0 aliphatic rings. The van der Waals surface area contributed by atoms with Gasteiger partial charge in [-0.25, -0.2) is 0 Å². The maximum Gasteiger partial charge on any atom is 0.306 e. The second kappa shape index (κ2) is 44.5. The van der Waals surface area contributed by atoms with Crippen LogP contribution in [0.4, 0.5) is 0 Å². The van der Waals surface area contributed by atoms with E-state index in [1.165, 1.54) is 167 Å². The van der Waals surface area contributed by atoms with Crippen LogP contribution in [0.3, 0.4) is 0 Å². The van der Waals surface area contributed by atoms with Gasteiger partial charge in [-0.3, -0.25) is 9.59 Å². The molecule has 0 amide bonds. The van der Waals surface area contributed by atoms with E-state index in [0.29, 0.717) is 12.8 Å². The number of hydrogen-bond donors (Lipinski definition) is 1. The van der Waals surface area contributed by atoms with Crippen LogP contribution in [0.25, 0.3) is 0 Å². The number of unbranched alkanes of at least 4 members (excludes halogenated alkanes) is 28. The van der Waals surface area contributed by atoms with Crippen molar-refractivity contribution in [2.24, 2.45) is 0 Å². The molecule has 0 fully saturated rings. The molecule has 0 aliphatic carbocycles. The number of allylic oxidation sites excluding steroid dienone is 6. The lowest BCUT2D eigenvalue weighted by Crippen LogP contribution is -2.28. The first kappa shape index (κ1) is 51.1. The molecule has 0 radical (unpaired) electrons. The lowest BCUT2D eigenvalue weighted by Gasteiger charge is -2.15. The molecule has 0 aromatic heterocycles. The molecule has 0 rings (SSSR count). The molecule has 0 saturated heterocycles. The van der Waals surface area contributed by atoms with Crippen molar-refractivity contribution in [1.29, 1.82) is 0 Å². The third-order valence-electron chi connectivity index (χ3n) is 10.2. The number of esters is 2. The van der Waals surface area contributed by atoms with Crippen molar-refractivity contribution >= 4 is 11.9 Å². The van der Waals surface area contributed by atoms with Crippen LogP contribution in [0.2, 0.25) is 0 Å². The Morgan fingerprint density at radius 3 is 1.13 bits per heavy atom. The fourth-order valence-corrected chi connectivity index (χ4v) is 6.64. The highest BCUT2D eigenvalue weighted by molar-refractivity contribution is 5.70. The maximum atomic E-state index is 12.2. The second-order valence-electron chi connectivity index (χ2n) is 15.5. The number of carbonyl (C=O) groups excluding carboxylic acids is 2. The molecule has 0 bridgehead atoms. The summed E-state index contributed by atoms with van der Waals surface area (Å²) in [5.74, 6) is -0.593. The lowest BCUT2D eigenvalue weighted by molar-refractivity contribution is -0.161. The summed E-state index contributed by atoms with van der Waals surface area (Å²) in [4.78, 5) is 24.4. The van der Waals surface area contributed by atoms with Gasteiger partial charge in [0.2, 0.25) is 0 Å². The zero-order valence-electron chi connectivity index (χ0n) is 35.3. The summed E-state index contributed by atoms with van der Waals surface area (Å²) < 4.78 is 10.6. The summed E-state index contributed by atoms with van der Waals surface area (Å²) in [5.41, 5.74) is 0. The first-order chi connectivity index (χ1) is 26.1. The van der Waals surface area contributed by atoms with Gasteiger partial charge in [0.1, 0.15) is 6.61 Å². The number of rotatable bonds is 42. The Balaban J connectivity index is 3.52. The first-order valence-corrected chi connectivity index (χ1v) is 23.0. The van der Waals surface area contributed by atoms with Crippen molar-refractivity contribution in [3.8, 4) is 0 Å². The van der Waals surface area contributed by atoms with Gasteiger partial charge in [0.05, 0.1) is 6.61 Å². The first-order valence-electron chi connectivity index (χ1n) is 23.0. The summed E-state index contributed by atoms with van der Waals surface area (Å²) in [7, 11) is 0. The lowest BCUT2D eigenvalue weighted by atomic mass is 10.1. The largest absolute Gasteiger partial charge is 0.462 e. The van der Waals surface area contributed by atoms with Crippen molar-refractivity contribution in [3.63, 3.8) is 0 Å². The number of aliphatic hydroxyl groups is 1. The van der Waals surface area contributed by atoms with Crippen molar-refractivity contribution in [3.05, 3.63) is 36.5 Å². The molecule has 1 unspecified atom stereocenters. The smallest absolute Gasteiger partial charge is 0.306 e. The monoisotopic (exact) mass is 745 g/mol. The van der Waals surface area contributed by atoms with Crippen LogP contribution >= 0.6 is 0 Å². The minimum absolute atomic E-state index is 0.0679. The van der Waals surface area contributed by atoms with Gasteiger partial charge in [-0.05, 0) is 70.6 Å². The number of ether oxygens (including phenoxy) is 2.